The van der Waals surface area contributed by atoms with Crippen molar-refractivity contribution in [3.05, 3.63) is 104 Å². The molecule has 0 aliphatic rings. The van der Waals surface area contributed by atoms with Crippen LogP contribution in [0.4, 0.5) is 17.1 Å². The molecule has 5 aromatic heterocycles. The zero-order chi connectivity index (χ0) is 47.7. The van der Waals surface area contributed by atoms with Gasteiger partial charge in [-0.15, -0.1) is 10.4 Å². The van der Waals surface area contributed by atoms with Crippen LogP contribution in [0.3, 0.4) is 0 Å². The van der Waals surface area contributed by atoms with Crippen molar-refractivity contribution >= 4 is 58.5 Å². The number of likely N-dealkylation sites (N-methyl/N-ethyl adjacent to an activating group) is 1. The van der Waals surface area contributed by atoms with Crippen molar-refractivity contribution in [3.63, 3.8) is 0 Å². The molecule has 2 amide bonds. The molecule has 0 saturated carbocycles. The standard InChI is InChI=1S/C5H6N2O.C4H4N4O3.C4H6N4O.C4H3N3O4.C3H6NO2.C2H2N2O2.2C2H5NO2.CH3.W/c1-4(8)5-2-3-6-7-5;5-4(9)3-2(8(10)11)1-6-7-3;5-2-1-7-8-3(2)4(6)9;8-4(9)3-2(7(10)11)1-5-6-3;1-4-2-3(5)6;5-2-1-3-4-6-2;2*3-1-2(4)5;;/h2-3H,1H3,(H,6,7);1H,(H2,5,9)(H,6,7);1H,5H2,(H2,6,9)(H,7,8);1H,(H,5,6)(H,8,9);2,4H,1H3,(H,5,6);1,4H;2*1,3H2,(H,4,5);1H3;/q;;;;-1;;;;-1;+2. The number of nitro groups is 2. The first-order valence-electron chi connectivity index (χ1n) is 15.0. The summed E-state index contributed by atoms with van der Waals surface area (Å²) in [6.07, 6.45) is 5.72. The van der Waals surface area contributed by atoms with Crippen LogP contribution in [-0.4, -0.2) is 143 Å². The molecular formula is C27H40N18O17W. The number of anilines is 1. The minimum absolute atomic E-state index is 0. The molecule has 5 heterocycles. The first-order chi connectivity index (χ1) is 28.5. The number of aliphatic carboxylic acids is 3. The Bertz CT molecular complexity index is 2030. The minimum Gasteiger partial charge on any atom is -0.502 e. The van der Waals surface area contributed by atoms with E-state index >= 15 is 0 Å². The molecule has 0 fully saturated rings. The summed E-state index contributed by atoms with van der Waals surface area (Å²) in [5.74, 6) is -5.75. The zero-order valence-corrected chi connectivity index (χ0v) is 35.4. The second-order valence-electron chi connectivity index (χ2n) is 9.27. The van der Waals surface area contributed by atoms with Crippen LogP contribution in [-0.2, 0) is 35.4 Å². The van der Waals surface area contributed by atoms with Gasteiger partial charge in [0, 0.05) is 13.1 Å². The summed E-state index contributed by atoms with van der Waals surface area (Å²) < 4.78 is 4.04. The predicted octanol–water partition coefficient (Wildman–Crippen LogP) is -3.54. The van der Waals surface area contributed by atoms with Gasteiger partial charge in [0.25, 0.3) is 11.8 Å². The number of ketones is 1. The van der Waals surface area contributed by atoms with Crippen molar-refractivity contribution in [2.24, 2.45) is 22.9 Å². The monoisotopic (exact) mass is 1070 g/mol. The van der Waals surface area contributed by atoms with Gasteiger partial charge in [-0.2, -0.15) is 20.4 Å². The van der Waals surface area contributed by atoms with E-state index in [-0.39, 0.29) is 64.4 Å². The van der Waals surface area contributed by atoms with Crippen LogP contribution in [0.15, 0.2) is 46.4 Å². The van der Waals surface area contributed by atoms with Gasteiger partial charge in [-0.25, -0.2) is 16.1 Å². The van der Waals surface area contributed by atoms with Crippen molar-refractivity contribution in [3.8, 4) is 0 Å². The molecule has 0 saturated heterocycles. The summed E-state index contributed by atoms with van der Waals surface area (Å²) >= 11 is 0. The number of aromatic amines is 5. The third-order valence-electron chi connectivity index (χ3n) is 4.87. The Labute approximate surface area is 364 Å². The van der Waals surface area contributed by atoms with Gasteiger partial charge >= 0.3 is 56.0 Å². The van der Waals surface area contributed by atoms with E-state index in [1.807, 2.05) is 10.4 Å². The quantitative estimate of drug-likeness (QED) is 0.0279. The van der Waals surface area contributed by atoms with Crippen molar-refractivity contribution in [2.45, 2.75) is 6.92 Å². The van der Waals surface area contributed by atoms with Crippen LogP contribution >= 0.6 is 0 Å². The third kappa shape index (κ3) is 31.9. The Morgan fingerprint density at radius 1 is 0.762 bits per heavy atom. The summed E-state index contributed by atoms with van der Waals surface area (Å²) in [4.78, 5) is 97.9. The number of aromatic carboxylic acids is 1. The van der Waals surface area contributed by atoms with Crippen LogP contribution in [0.2, 0.25) is 0 Å². The number of nitrogens with one attached hydrogen (secondary N) is 6. The zero-order valence-electron chi connectivity index (χ0n) is 32.5. The smallest absolute Gasteiger partial charge is 0.502 e. The van der Waals surface area contributed by atoms with Crippen molar-refractivity contribution in [1.82, 2.24) is 56.5 Å². The molecule has 20 N–H and O–H groups in total. The molecule has 5 aromatic rings. The number of carboxylic acid groups (broad SMARTS) is 4. The Morgan fingerprint density at radius 2 is 1.19 bits per heavy atom. The fourth-order valence-corrected chi connectivity index (χ4v) is 2.42. The second-order valence-corrected chi connectivity index (χ2v) is 9.27. The molecule has 35 nitrogen and oxygen atoms in total. The Balaban J connectivity index is -0.000000206. The number of aromatic nitrogens is 10. The Morgan fingerprint density at radius 3 is 1.37 bits per heavy atom. The molecule has 0 radical (unpaired) electrons. The minimum atomic E-state index is -1.39. The van der Waals surface area contributed by atoms with E-state index in [4.69, 9.17) is 37.6 Å². The van der Waals surface area contributed by atoms with E-state index in [0.29, 0.717) is 5.69 Å². The number of nitrogen functional groups attached to an aromatic ring is 1. The molecule has 0 spiro atoms. The fraction of sp³-hybridized carbons (Fsp3) is 0.148. The largest absolute Gasteiger partial charge is 2.00 e. The number of hydrogen-bond acceptors (Lipinski definition) is 22. The first-order valence-corrected chi connectivity index (χ1v) is 15.0. The fourth-order valence-electron chi connectivity index (χ4n) is 2.42. The van der Waals surface area contributed by atoms with E-state index in [2.05, 4.69) is 62.1 Å². The topological polar surface area (TPSA) is 602 Å². The van der Waals surface area contributed by atoms with Gasteiger partial charge in [0.05, 0.1) is 34.8 Å². The summed E-state index contributed by atoms with van der Waals surface area (Å²) in [5, 5.41) is 81.7. The van der Waals surface area contributed by atoms with Gasteiger partial charge < -0.3 is 66.4 Å². The maximum atomic E-state index is 10.4. The predicted molar refractivity (Wildman–Crippen MR) is 204 cm³/mol. The number of amides is 2. The summed E-state index contributed by atoms with van der Waals surface area (Å²) in [7, 11) is 1.54. The van der Waals surface area contributed by atoms with Crippen molar-refractivity contribution in [2.75, 3.05) is 25.9 Å². The molecule has 36 heteroatoms. The Hall–Kier alpha value is -8.69. The van der Waals surface area contributed by atoms with Crippen LogP contribution in [0.25, 0.3) is 0 Å². The number of carbonyl (C=O) groups excluding carboxylic acids is 3. The number of carboxylic acids is 4. The number of primary amides is 2. The average molecular weight is 1070 g/mol. The normalized spacial score (nSPS) is 8.51. The second kappa shape index (κ2) is 36.4. The van der Waals surface area contributed by atoms with Gasteiger partial charge in [-0.3, -0.25) is 69.4 Å². The number of hydrogen-bond donors (Lipinski definition) is 15. The molecular weight excluding hydrogens is 1030 g/mol. The SMILES string of the molecule is CC(=O)c1ccn[nH]1.CN[CH-]C(=O)O.NC(=O)c1[nH]ncc1N.NC(=O)c1[nH]ncc1[N+](=O)[O-].NCC(=O)O.NCC(=O)O.O=C(O)c1[nH]ncc1[N+](=O)[O-].O=c1cn[nH]o1.[CH3-].[W+2]. The van der Waals surface area contributed by atoms with Crippen LogP contribution < -0.4 is 39.6 Å². The summed E-state index contributed by atoms with van der Waals surface area (Å²) in [5.41, 5.74) is 22.9. The number of nitrogens with two attached hydrogens (primary N) is 5. The van der Waals surface area contributed by atoms with Gasteiger partial charge in [-0.1, -0.05) is 0 Å². The van der Waals surface area contributed by atoms with Crippen LogP contribution in [0.5, 0.6) is 0 Å². The van der Waals surface area contributed by atoms with E-state index in [1.54, 1.807) is 12.3 Å². The maximum absolute atomic E-state index is 10.4. The van der Waals surface area contributed by atoms with E-state index < -0.39 is 68.2 Å². The molecule has 0 aliphatic heterocycles. The third-order valence-corrected chi connectivity index (χ3v) is 4.87. The molecule has 0 aliphatic carbocycles. The Kier molecular flexibility index (Phi) is 36.7. The van der Waals surface area contributed by atoms with Crippen molar-refractivity contribution in [1.29, 1.82) is 0 Å². The van der Waals surface area contributed by atoms with Gasteiger partial charge in [0.1, 0.15) is 30.0 Å². The van der Waals surface area contributed by atoms with Crippen LogP contribution in [0.1, 0.15) is 48.9 Å². The van der Waals surface area contributed by atoms with Crippen LogP contribution in [0, 0.1) is 34.2 Å². The summed E-state index contributed by atoms with van der Waals surface area (Å²) in [6, 6.07) is 1.64. The number of rotatable bonds is 10. The average Bonchev–Trinajstić information content (AvgIpc) is 4.04. The van der Waals surface area contributed by atoms with E-state index in [9.17, 15) is 58.6 Å². The van der Waals surface area contributed by atoms with E-state index in [1.165, 1.54) is 20.2 Å². The molecule has 5 rings (SSSR count). The van der Waals surface area contributed by atoms with Gasteiger partial charge in [0.15, 0.2) is 11.8 Å². The van der Waals surface area contributed by atoms with E-state index in [0.717, 1.165) is 25.1 Å². The molecule has 346 valence electrons. The summed E-state index contributed by atoms with van der Waals surface area (Å²) in [6.45, 7) is 1.90. The number of nitrogens with zero attached hydrogens (tertiary/aromatic N) is 7. The maximum Gasteiger partial charge on any atom is 2.00 e. The van der Waals surface area contributed by atoms with Gasteiger partial charge in [-0.05, 0) is 13.1 Å². The number of Topliss-reactive ketones (excluding diaryl/α,β-unsaturated/α-hetero) is 1. The molecule has 0 atom stereocenters. The van der Waals surface area contributed by atoms with Crippen molar-refractivity contribution < 1.29 is 89.4 Å². The molecule has 0 unspecified atom stereocenters. The first kappa shape index (κ1) is 63.5. The molecule has 0 bridgehead atoms. The number of H-pyrrole nitrogens is 5. The molecule has 0 aromatic carbocycles. The molecule has 63 heavy (non-hydrogen) atoms. The number of carbonyl (C=O) groups is 7. The van der Waals surface area contributed by atoms with Gasteiger partial charge in [0.2, 0.25) is 11.4 Å².